The van der Waals surface area contributed by atoms with Crippen LogP contribution in [0.3, 0.4) is 0 Å². The zero-order valence-electron chi connectivity index (χ0n) is 14.0. The highest BCUT2D eigenvalue weighted by Gasteiger charge is 2.21. The number of benzene rings is 1. The van der Waals surface area contributed by atoms with Gasteiger partial charge in [-0.15, -0.1) is 0 Å². The maximum atomic E-state index is 12.7. The second-order valence-corrected chi connectivity index (χ2v) is 6.31. The first-order chi connectivity index (χ1) is 11.1. The van der Waals surface area contributed by atoms with Crippen molar-refractivity contribution in [3.63, 3.8) is 0 Å². The summed E-state index contributed by atoms with van der Waals surface area (Å²) in [7, 11) is 2.09. The molecule has 0 N–H and O–H groups in total. The van der Waals surface area contributed by atoms with Gasteiger partial charge in [0.15, 0.2) is 0 Å². The molecule has 4 nitrogen and oxygen atoms in total. The maximum Gasteiger partial charge on any atom is 0.255 e. The van der Waals surface area contributed by atoms with Crippen LogP contribution in [0.5, 0.6) is 0 Å². The van der Waals surface area contributed by atoms with E-state index in [9.17, 15) is 4.79 Å². The molecule has 4 heteroatoms. The predicted octanol–water partition coefficient (Wildman–Crippen LogP) is 2.75. The molecule has 0 unspecified atom stereocenters. The number of pyridine rings is 1. The van der Waals surface area contributed by atoms with E-state index in [1.54, 1.807) is 6.20 Å². The standard InChI is InChI=1S/C19H23N3O/c1-14-5-4-6-18(15(14)2)16-11-17(13-20-12-16)19(23)22-9-7-21(3)8-10-22/h4-6,11-13H,7-10H2,1-3H3. The normalized spacial score (nSPS) is 15.7. The molecule has 1 aliphatic rings. The minimum Gasteiger partial charge on any atom is -0.336 e. The lowest BCUT2D eigenvalue weighted by molar-refractivity contribution is 0.0663. The highest BCUT2D eigenvalue weighted by Crippen LogP contribution is 2.25. The molecule has 0 saturated carbocycles. The molecule has 0 bridgehead atoms. The van der Waals surface area contributed by atoms with E-state index in [0.29, 0.717) is 5.56 Å². The third kappa shape index (κ3) is 3.27. The summed E-state index contributed by atoms with van der Waals surface area (Å²) in [5, 5.41) is 0. The lowest BCUT2D eigenvalue weighted by Crippen LogP contribution is -2.47. The monoisotopic (exact) mass is 309 g/mol. The van der Waals surface area contributed by atoms with Crippen LogP contribution in [0, 0.1) is 13.8 Å². The van der Waals surface area contributed by atoms with E-state index in [0.717, 1.165) is 37.3 Å². The maximum absolute atomic E-state index is 12.7. The number of aryl methyl sites for hydroxylation is 1. The fourth-order valence-electron chi connectivity index (χ4n) is 2.96. The van der Waals surface area contributed by atoms with E-state index >= 15 is 0 Å². The van der Waals surface area contributed by atoms with Crippen molar-refractivity contribution in [3.8, 4) is 11.1 Å². The van der Waals surface area contributed by atoms with Crippen LogP contribution in [-0.2, 0) is 0 Å². The van der Waals surface area contributed by atoms with E-state index in [1.807, 2.05) is 23.2 Å². The number of rotatable bonds is 2. The van der Waals surface area contributed by atoms with Gasteiger partial charge in [-0.2, -0.15) is 0 Å². The summed E-state index contributed by atoms with van der Waals surface area (Å²) in [6.07, 6.45) is 3.51. The van der Waals surface area contributed by atoms with Gasteiger partial charge in [0.2, 0.25) is 0 Å². The van der Waals surface area contributed by atoms with Gasteiger partial charge in [-0.25, -0.2) is 0 Å². The number of aromatic nitrogens is 1. The molecule has 0 spiro atoms. The fourth-order valence-corrected chi connectivity index (χ4v) is 2.96. The van der Waals surface area contributed by atoms with Crippen molar-refractivity contribution in [2.75, 3.05) is 33.2 Å². The SMILES string of the molecule is Cc1cccc(-c2cncc(C(=O)N3CCN(C)CC3)c2)c1C. The molecule has 0 aliphatic carbocycles. The summed E-state index contributed by atoms with van der Waals surface area (Å²) in [6, 6.07) is 8.21. The molecule has 1 aliphatic heterocycles. The quantitative estimate of drug-likeness (QED) is 0.856. The summed E-state index contributed by atoms with van der Waals surface area (Å²) in [4.78, 5) is 21.2. The zero-order valence-corrected chi connectivity index (χ0v) is 14.0. The molecule has 1 amide bonds. The molecule has 1 saturated heterocycles. The van der Waals surface area contributed by atoms with Crippen molar-refractivity contribution in [2.24, 2.45) is 0 Å². The van der Waals surface area contributed by atoms with Crippen LogP contribution < -0.4 is 0 Å². The number of likely N-dealkylation sites (N-methyl/N-ethyl adjacent to an activating group) is 1. The second kappa shape index (κ2) is 6.50. The number of nitrogens with zero attached hydrogens (tertiary/aromatic N) is 3. The van der Waals surface area contributed by atoms with Gasteiger partial charge >= 0.3 is 0 Å². The lowest BCUT2D eigenvalue weighted by atomic mass is 9.97. The molecule has 3 rings (SSSR count). The van der Waals surface area contributed by atoms with Crippen LogP contribution in [0.4, 0.5) is 0 Å². The van der Waals surface area contributed by atoms with Crippen molar-refractivity contribution in [3.05, 3.63) is 53.3 Å². The summed E-state index contributed by atoms with van der Waals surface area (Å²) < 4.78 is 0. The van der Waals surface area contributed by atoms with Gasteiger partial charge in [0.1, 0.15) is 0 Å². The van der Waals surface area contributed by atoms with Gasteiger partial charge in [-0.3, -0.25) is 9.78 Å². The molecular weight excluding hydrogens is 286 g/mol. The average Bonchev–Trinajstić information content (AvgIpc) is 2.57. The molecule has 2 heterocycles. The fraction of sp³-hybridized carbons (Fsp3) is 0.368. The van der Waals surface area contributed by atoms with E-state index in [2.05, 4.69) is 42.9 Å². The third-order valence-corrected chi connectivity index (χ3v) is 4.69. The van der Waals surface area contributed by atoms with Gasteiger partial charge in [0, 0.05) is 44.1 Å². The number of hydrogen-bond acceptors (Lipinski definition) is 3. The first-order valence-electron chi connectivity index (χ1n) is 8.05. The van der Waals surface area contributed by atoms with Gasteiger partial charge in [0.25, 0.3) is 5.91 Å². The molecule has 0 radical (unpaired) electrons. The van der Waals surface area contributed by atoms with Crippen molar-refractivity contribution in [1.29, 1.82) is 0 Å². The summed E-state index contributed by atoms with van der Waals surface area (Å²) in [5.41, 5.74) is 5.31. The Hall–Kier alpha value is -2.20. The Balaban J connectivity index is 1.88. The van der Waals surface area contributed by atoms with Crippen LogP contribution in [0.15, 0.2) is 36.7 Å². The van der Waals surface area contributed by atoms with Gasteiger partial charge in [-0.1, -0.05) is 18.2 Å². The lowest BCUT2D eigenvalue weighted by Gasteiger charge is -2.32. The van der Waals surface area contributed by atoms with Crippen molar-refractivity contribution >= 4 is 5.91 Å². The molecule has 1 aromatic carbocycles. The van der Waals surface area contributed by atoms with Gasteiger partial charge in [-0.05, 0) is 43.7 Å². The Morgan fingerprint density at radius 2 is 1.83 bits per heavy atom. The molecule has 120 valence electrons. The molecule has 1 fully saturated rings. The largest absolute Gasteiger partial charge is 0.336 e. The number of piperazine rings is 1. The van der Waals surface area contributed by atoms with Crippen LogP contribution in [0.25, 0.3) is 11.1 Å². The summed E-state index contributed by atoms with van der Waals surface area (Å²) in [6.45, 7) is 7.63. The van der Waals surface area contributed by atoms with Crippen molar-refractivity contribution in [2.45, 2.75) is 13.8 Å². The van der Waals surface area contributed by atoms with E-state index in [1.165, 1.54) is 11.1 Å². The van der Waals surface area contributed by atoms with Gasteiger partial charge in [0.05, 0.1) is 5.56 Å². The molecule has 1 aromatic heterocycles. The Morgan fingerprint density at radius 3 is 2.57 bits per heavy atom. The molecule has 23 heavy (non-hydrogen) atoms. The minimum atomic E-state index is 0.0813. The van der Waals surface area contributed by atoms with Crippen LogP contribution in [0.1, 0.15) is 21.5 Å². The Labute approximate surface area is 137 Å². The van der Waals surface area contributed by atoms with Crippen LogP contribution in [-0.4, -0.2) is 53.9 Å². The zero-order chi connectivity index (χ0) is 16.4. The van der Waals surface area contributed by atoms with Crippen LogP contribution in [0.2, 0.25) is 0 Å². The van der Waals surface area contributed by atoms with E-state index in [-0.39, 0.29) is 5.91 Å². The van der Waals surface area contributed by atoms with Gasteiger partial charge < -0.3 is 9.80 Å². The topological polar surface area (TPSA) is 36.4 Å². The number of hydrogen-bond donors (Lipinski definition) is 0. The number of amides is 1. The first-order valence-corrected chi connectivity index (χ1v) is 8.05. The Bertz CT molecular complexity index is 718. The third-order valence-electron chi connectivity index (χ3n) is 4.69. The van der Waals surface area contributed by atoms with Crippen LogP contribution >= 0.6 is 0 Å². The van der Waals surface area contributed by atoms with Crippen molar-refractivity contribution < 1.29 is 4.79 Å². The summed E-state index contributed by atoms with van der Waals surface area (Å²) >= 11 is 0. The number of carbonyl (C=O) groups excluding carboxylic acids is 1. The molecular formula is C19H23N3O. The first kappa shape index (κ1) is 15.7. The molecule has 0 atom stereocenters. The number of carbonyl (C=O) groups is 1. The minimum absolute atomic E-state index is 0.0813. The smallest absolute Gasteiger partial charge is 0.255 e. The highest BCUT2D eigenvalue weighted by atomic mass is 16.2. The Kier molecular flexibility index (Phi) is 4.44. The van der Waals surface area contributed by atoms with E-state index < -0.39 is 0 Å². The molecule has 2 aromatic rings. The predicted molar refractivity (Wildman–Crippen MR) is 92.5 cm³/mol. The Morgan fingerprint density at radius 1 is 1.09 bits per heavy atom. The average molecular weight is 309 g/mol. The van der Waals surface area contributed by atoms with E-state index in [4.69, 9.17) is 0 Å². The second-order valence-electron chi connectivity index (χ2n) is 6.31. The highest BCUT2D eigenvalue weighted by molar-refractivity contribution is 5.95. The van der Waals surface area contributed by atoms with Crippen molar-refractivity contribution in [1.82, 2.24) is 14.8 Å². The summed E-state index contributed by atoms with van der Waals surface area (Å²) in [5.74, 6) is 0.0813.